The molecule has 5 rings (SSSR count). The average molecular weight is 472 g/mol. The van der Waals surface area contributed by atoms with Crippen LogP contribution in [0.15, 0.2) is 36.7 Å². The van der Waals surface area contributed by atoms with Gasteiger partial charge in [0.1, 0.15) is 17.2 Å². The van der Waals surface area contributed by atoms with Crippen molar-refractivity contribution in [1.82, 2.24) is 29.4 Å². The number of rotatable bonds is 2. The van der Waals surface area contributed by atoms with E-state index in [-0.39, 0.29) is 22.6 Å². The molecule has 0 spiro atoms. The summed E-state index contributed by atoms with van der Waals surface area (Å²) in [5, 5.41) is 9.32. The fourth-order valence-electron chi connectivity index (χ4n) is 4.67. The Labute approximate surface area is 191 Å². The smallest absolute Gasteiger partial charge is 0.330 e. The molecule has 4 heterocycles. The van der Waals surface area contributed by atoms with Crippen LogP contribution in [-0.2, 0) is 26.7 Å². The zero-order valence-electron chi connectivity index (χ0n) is 18.6. The van der Waals surface area contributed by atoms with Gasteiger partial charge in [-0.25, -0.2) is 4.39 Å². The molecule has 0 saturated carbocycles. The number of halogens is 4. The van der Waals surface area contributed by atoms with Gasteiger partial charge in [0.25, 0.3) is 5.91 Å². The molecule has 34 heavy (non-hydrogen) atoms. The molecule has 7 nitrogen and oxygen atoms in total. The number of hydrogen-bond donors (Lipinski definition) is 0. The Morgan fingerprint density at radius 1 is 1.09 bits per heavy atom. The third-order valence-corrected chi connectivity index (χ3v) is 6.30. The van der Waals surface area contributed by atoms with Gasteiger partial charge in [0.05, 0.1) is 23.0 Å². The highest BCUT2D eigenvalue weighted by atomic mass is 19.4. The van der Waals surface area contributed by atoms with Gasteiger partial charge < -0.3 is 4.90 Å². The highest BCUT2D eigenvalue weighted by Crippen LogP contribution is 2.38. The summed E-state index contributed by atoms with van der Waals surface area (Å²) >= 11 is 0. The number of alkyl halides is 3. The van der Waals surface area contributed by atoms with Crippen LogP contribution in [0.5, 0.6) is 0 Å². The highest BCUT2D eigenvalue weighted by Gasteiger charge is 2.38. The van der Waals surface area contributed by atoms with Gasteiger partial charge >= 0.3 is 6.18 Å². The number of carbonyl (C=O) groups is 1. The number of nitrogens with zero attached hydrogens (tertiary/aromatic N) is 6. The van der Waals surface area contributed by atoms with Crippen molar-refractivity contribution in [2.45, 2.75) is 25.6 Å². The lowest BCUT2D eigenvalue weighted by molar-refractivity contribution is -0.143. The van der Waals surface area contributed by atoms with E-state index in [0.717, 1.165) is 16.3 Å². The third-order valence-electron chi connectivity index (χ3n) is 6.30. The van der Waals surface area contributed by atoms with Gasteiger partial charge in [-0.15, -0.1) is 0 Å². The maximum Gasteiger partial charge on any atom is 0.433 e. The minimum atomic E-state index is -4.53. The standard InChI is InChI=1S/C23H20F4N6O/c1-12-20-14(21(32(3)30-20)18-9-19(23(25,26)27)31(2)29-18)7-8-33(12)22(34)16-11-28-10-15-13(16)5-4-6-17(15)24/h4-6,9-12H,7-8H2,1-3H3/t12-/m0/s1. The van der Waals surface area contributed by atoms with E-state index in [9.17, 15) is 22.4 Å². The van der Waals surface area contributed by atoms with Crippen molar-refractivity contribution in [2.24, 2.45) is 14.1 Å². The molecule has 0 aliphatic carbocycles. The number of carbonyl (C=O) groups excluding carboxylic acids is 1. The minimum Gasteiger partial charge on any atom is -0.330 e. The lowest BCUT2D eigenvalue weighted by Gasteiger charge is -2.33. The van der Waals surface area contributed by atoms with Crippen molar-refractivity contribution in [1.29, 1.82) is 0 Å². The van der Waals surface area contributed by atoms with Gasteiger partial charge in [0.15, 0.2) is 0 Å². The normalized spacial score (nSPS) is 16.2. The Bertz CT molecular complexity index is 1440. The van der Waals surface area contributed by atoms with Crippen LogP contribution in [0.2, 0.25) is 0 Å². The van der Waals surface area contributed by atoms with Crippen LogP contribution in [0, 0.1) is 5.82 Å². The summed E-state index contributed by atoms with van der Waals surface area (Å²) in [6, 6.07) is 5.08. The molecule has 1 aliphatic rings. The fourth-order valence-corrected chi connectivity index (χ4v) is 4.67. The first-order valence-electron chi connectivity index (χ1n) is 10.6. The maximum atomic E-state index is 14.2. The molecule has 0 bridgehead atoms. The number of hydrogen-bond acceptors (Lipinski definition) is 4. The van der Waals surface area contributed by atoms with Crippen molar-refractivity contribution in [3.8, 4) is 11.4 Å². The van der Waals surface area contributed by atoms with Crippen LogP contribution in [0.4, 0.5) is 17.6 Å². The number of benzene rings is 1. The Morgan fingerprint density at radius 2 is 1.85 bits per heavy atom. The molecular formula is C23H20F4N6O. The van der Waals surface area contributed by atoms with Crippen LogP contribution in [-0.4, -0.2) is 41.9 Å². The third kappa shape index (κ3) is 3.34. The van der Waals surface area contributed by atoms with E-state index in [1.807, 2.05) is 6.92 Å². The van der Waals surface area contributed by atoms with Gasteiger partial charge in [-0.05, 0) is 25.5 Å². The lowest BCUT2D eigenvalue weighted by Crippen LogP contribution is -2.39. The predicted octanol–water partition coefficient (Wildman–Crippen LogP) is 4.29. The summed E-state index contributed by atoms with van der Waals surface area (Å²) in [6.45, 7) is 2.13. The zero-order valence-corrected chi connectivity index (χ0v) is 18.6. The van der Waals surface area contributed by atoms with Crippen LogP contribution >= 0.6 is 0 Å². The van der Waals surface area contributed by atoms with E-state index in [1.165, 1.54) is 30.2 Å². The van der Waals surface area contributed by atoms with Gasteiger partial charge in [-0.3, -0.25) is 19.1 Å². The Hall–Kier alpha value is -3.76. The summed E-state index contributed by atoms with van der Waals surface area (Å²) in [5.41, 5.74) is 1.45. The van der Waals surface area contributed by atoms with Gasteiger partial charge in [0, 0.05) is 49.4 Å². The maximum absolute atomic E-state index is 14.2. The van der Waals surface area contributed by atoms with Crippen molar-refractivity contribution in [3.63, 3.8) is 0 Å². The van der Waals surface area contributed by atoms with Crippen LogP contribution < -0.4 is 0 Å². The predicted molar refractivity (Wildman–Crippen MR) is 115 cm³/mol. The van der Waals surface area contributed by atoms with Crippen molar-refractivity contribution in [3.05, 3.63) is 65.0 Å². The van der Waals surface area contributed by atoms with Gasteiger partial charge in [-0.2, -0.15) is 23.4 Å². The topological polar surface area (TPSA) is 68.8 Å². The van der Waals surface area contributed by atoms with Crippen molar-refractivity contribution < 1.29 is 22.4 Å². The fraction of sp³-hybridized carbons (Fsp3) is 0.304. The quantitative estimate of drug-likeness (QED) is 0.409. The van der Waals surface area contributed by atoms with Crippen molar-refractivity contribution >= 4 is 16.7 Å². The molecule has 0 fully saturated rings. The Kier molecular flexibility index (Phi) is 4.96. The number of aromatic nitrogens is 5. The first-order valence-corrected chi connectivity index (χ1v) is 10.6. The number of pyridine rings is 1. The van der Waals surface area contributed by atoms with E-state index < -0.39 is 23.7 Å². The SMILES string of the molecule is C[C@H]1c2nn(C)c(-c3cc(C(F)(F)F)n(C)n3)c2CCN1C(=O)c1cncc2c(F)cccc12. The number of amides is 1. The average Bonchev–Trinajstić information content (AvgIpc) is 3.33. The summed E-state index contributed by atoms with van der Waals surface area (Å²) < 4.78 is 56.4. The monoisotopic (exact) mass is 472 g/mol. The summed E-state index contributed by atoms with van der Waals surface area (Å²) in [7, 11) is 2.89. The molecule has 11 heteroatoms. The van der Waals surface area contributed by atoms with E-state index in [1.54, 1.807) is 24.1 Å². The van der Waals surface area contributed by atoms with E-state index in [0.29, 0.717) is 29.7 Å². The van der Waals surface area contributed by atoms with E-state index in [4.69, 9.17) is 0 Å². The van der Waals surface area contributed by atoms with Crippen molar-refractivity contribution in [2.75, 3.05) is 6.54 Å². The molecular weight excluding hydrogens is 452 g/mol. The van der Waals surface area contributed by atoms with Crippen LogP contribution in [0.3, 0.4) is 0 Å². The molecule has 0 unspecified atom stereocenters. The molecule has 4 aromatic rings. The summed E-state index contributed by atoms with van der Waals surface area (Å²) in [6.07, 6.45) is -1.34. The van der Waals surface area contributed by atoms with E-state index in [2.05, 4.69) is 15.2 Å². The highest BCUT2D eigenvalue weighted by molar-refractivity contribution is 6.06. The summed E-state index contributed by atoms with van der Waals surface area (Å²) in [4.78, 5) is 19.1. The minimum absolute atomic E-state index is 0.173. The molecule has 1 amide bonds. The first kappa shape index (κ1) is 22.1. The molecule has 0 radical (unpaired) electrons. The molecule has 3 aromatic heterocycles. The van der Waals surface area contributed by atoms with Crippen LogP contribution in [0.25, 0.3) is 22.2 Å². The number of aryl methyl sites for hydroxylation is 2. The molecule has 0 saturated heterocycles. The Balaban J connectivity index is 1.53. The van der Waals surface area contributed by atoms with Gasteiger partial charge in [0.2, 0.25) is 0 Å². The van der Waals surface area contributed by atoms with Crippen LogP contribution in [0.1, 0.15) is 40.3 Å². The molecule has 1 atom stereocenters. The second-order valence-electron chi connectivity index (χ2n) is 8.32. The Morgan fingerprint density at radius 3 is 2.56 bits per heavy atom. The largest absolute Gasteiger partial charge is 0.433 e. The van der Waals surface area contributed by atoms with Gasteiger partial charge in [-0.1, -0.05) is 12.1 Å². The summed E-state index contributed by atoms with van der Waals surface area (Å²) in [5.74, 6) is -0.775. The first-order chi connectivity index (χ1) is 16.1. The van der Waals surface area contributed by atoms with E-state index >= 15 is 0 Å². The second kappa shape index (κ2) is 7.64. The lowest BCUT2D eigenvalue weighted by atomic mass is 9.96. The molecule has 0 N–H and O–H groups in total. The number of fused-ring (bicyclic) bond motifs is 2. The second-order valence-corrected chi connectivity index (χ2v) is 8.32. The molecule has 1 aliphatic heterocycles. The molecule has 176 valence electrons. The molecule has 1 aromatic carbocycles. The zero-order chi connectivity index (χ0) is 24.4.